The first kappa shape index (κ1) is 13.1. The van der Waals surface area contributed by atoms with Gasteiger partial charge in [-0.3, -0.25) is 0 Å². The molecule has 1 aromatic rings. The van der Waals surface area contributed by atoms with Crippen molar-refractivity contribution < 1.29 is 0 Å². The van der Waals surface area contributed by atoms with E-state index in [-0.39, 0.29) is 0 Å². The second kappa shape index (κ2) is 9.26. The molecule has 0 aromatic heterocycles. The van der Waals surface area contributed by atoms with Crippen LogP contribution in [0.1, 0.15) is 45.4 Å². The maximum atomic E-state index is 3.44. The molecule has 1 radical (unpaired) electrons. The maximum absolute atomic E-state index is 3.44. The largest absolute Gasteiger partial charge is 0.385 e. The molecule has 1 N–H and O–H groups in total. The molecule has 1 aromatic carbocycles. The Bertz CT molecular complexity index is 243. The van der Waals surface area contributed by atoms with Crippen LogP contribution in [0.5, 0.6) is 0 Å². The summed E-state index contributed by atoms with van der Waals surface area (Å²) in [6, 6.07) is 10.4. The Morgan fingerprint density at radius 2 is 1.62 bits per heavy atom. The Kier molecular flexibility index (Phi) is 7.57. The lowest BCUT2D eigenvalue weighted by Crippen LogP contribution is -2.00. The minimum absolute atomic E-state index is 1.10. The van der Waals surface area contributed by atoms with Crippen LogP contribution in [-0.2, 0) is 0 Å². The Morgan fingerprint density at radius 1 is 0.938 bits per heavy atom. The van der Waals surface area contributed by atoms with E-state index in [4.69, 9.17) is 0 Å². The van der Waals surface area contributed by atoms with E-state index in [1.807, 2.05) is 0 Å². The monoisotopic (exact) mass is 218 g/mol. The average Bonchev–Trinajstić information content (AvgIpc) is 2.34. The third-order valence-electron chi connectivity index (χ3n) is 2.77. The topological polar surface area (TPSA) is 12.0 Å². The molecule has 1 rings (SSSR count). The van der Waals surface area contributed by atoms with Crippen LogP contribution in [0.4, 0.5) is 5.69 Å². The average molecular weight is 218 g/mol. The van der Waals surface area contributed by atoms with Gasteiger partial charge >= 0.3 is 0 Å². The molecule has 89 valence electrons. The van der Waals surface area contributed by atoms with E-state index in [1.54, 1.807) is 0 Å². The Morgan fingerprint density at radius 3 is 2.38 bits per heavy atom. The molecule has 0 saturated carbocycles. The summed E-state index contributed by atoms with van der Waals surface area (Å²) in [5.74, 6) is 0. The fraction of sp³-hybridized carbons (Fsp3) is 0.533. The van der Waals surface area contributed by atoms with E-state index < -0.39 is 0 Å². The highest BCUT2D eigenvalue weighted by Crippen LogP contribution is 2.08. The van der Waals surface area contributed by atoms with Crippen LogP contribution in [0.3, 0.4) is 0 Å². The van der Waals surface area contributed by atoms with Crippen molar-refractivity contribution >= 4 is 5.69 Å². The van der Waals surface area contributed by atoms with E-state index in [0.717, 1.165) is 6.54 Å². The Labute approximate surface area is 100 Å². The molecule has 0 unspecified atom stereocenters. The zero-order valence-electron chi connectivity index (χ0n) is 10.4. The van der Waals surface area contributed by atoms with Crippen molar-refractivity contribution in [3.63, 3.8) is 0 Å². The number of nitrogens with one attached hydrogen (secondary N) is 1. The van der Waals surface area contributed by atoms with Gasteiger partial charge in [0.25, 0.3) is 0 Å². The van der Waals surface area contributed by atoms with Crippen molar-refractivity contribution in [3.8, 4) is 0 Å². The number of para-hydroxylation sites is 1. The molecule has 0 amide bonds. The summed E-state index contributed by atoms with van der Waals surface area (Å²) >= 11 is 0. The van der Waals surface area contributed by atoms with Gasteiger partial charge in [0.05, 0.1) is 0 Å². The Hall–Kier alpha value is -0.980. The minimum atomic E-state index is 1.10. The van der Waals surface area contributed by atoms with Crippen LogP contribution in [-0.4, -0.2) is 6.54 Å². The summed E-state index contributed by atoms with van der Waals surface area (Å²) in [7, 11) is 0. The zero-order chi connectivity index (χ0) is 11.5. The number of hydrogen-bond acceptors (Lipinski definition) is 1. The molecule has 16 heavy (non-hydrogen) atoms. The lowest BCUT2D eigenvalue weighted by atomic mass is 10.1. The van der Waals surface area contributed by atoms with E-state index in [2.05, 4.69) is 49.0 Å². The number of benzene rings is 1. The first-order valence-electron chi connectivity index (χ1n) is 6.50. The van der Waals surface area contributed by atoms with Gasteiger partial charge < -0.3 is 5.32 Å². The van der Waals surface area contributed by atoms with Gasteiger partial charge in [0.15, 0.2) is 0 Å². The Balaban J connectivity index is 1.89. The van der Waals surface area contributed by atoms with Gasteiger partial charge in [0.1, 0.15) is 0 Å². The van der Waals surface area contributed by atoms with Crippen molar-refractivity contribution in [2.45, 2.75) is 45.4 Å². The molecule has 0 aliphatic rings. The third-order valence-corrected chi connectivity index (χ3v) is 2.77. The lowest BCUT2D eigenvalue weighted by molar-refractivity contribution is 0.621. The summed E-state index contributed by atoms with van der Waals surface area (Å²) in [6.07, 6.45) is 10.3. The normalized spacial score (nSPS) is 10.3. The van der Waals surface area contributed by atoms with Crippen molar-refractivity contribution in [2.24, 2.45) is 0 Å². The molecule has 0 saturated heterocycles. The van der Waals surface area contributed by atoms with Gasteiger partial charge in [-0.25, -0.2) is 0 Å². The van der Waals surface area contributed by atoms with Crippen LogP contribution in [0.15, 0.2) is 30.3 Å². The number of unbranched alkanes of at least 4 members (excludes halogenated alkanes) is 6. The van der Waals surface area contributed by atoms with E-state index in [1.165, 1.54) is 44.2 Å². The van der Waals surface area contributed by atoms with Crippen molar-refractivity contribution in [3.05, 3.63) is 36.8 Å². The molecule has 0 fully saturated rings. The highest BCUT2D eigenvalue weighted by atomic mass is 14.9. The number of hydrogen-bond donors (Lipinski definition) is 1. The van der Waals surface area contributed by atoms with Gasteiger partial charge in [-0.1, -0.05) is 57.2 Å². The summed E-state index contributed by atoms with van der Waals surface area (Å²) < 4.78 is 0. The molecule has 0 atom stereocenters. The molecule has 0 heterocycles. The van der Waals surface area contributed by atoms with Crippen LogP contribution in [0.2, 0.25) is 0 Å². The van der Waals surface area contributed by atoms with Crippen LogP contribution < -0.4 is 5.32 Å². The third kappa shape index (κ3) is 6.49. The zero-order valence-corrected chi connectivity index (χ0v) is 10.4. The first-order chi connectivity index (χ1) is 7.93. The standard InChI is InChI=1S/C15H24N/c1-2-3-4-5-6-7-11-14-16-15-12-9-8-10-13-15/h2,8-10,12-13,16H,3-7,11,14H2,1H3. The minimum Gasteiger partial charge on any atom is -0.385 e. The molecule has 0 aliphatic heterocycles. The van der Waals surface area contributed by atoms with E-state index in [0.29, 0.717) is 0 Å². The van der Waals surface area contributed by atoms with Gasteiger partial charge in [-0.15, -0.1) is 0 Å². The number of anilines is 1. The van der Waals surface area contributed by atoms with Gasteiger partial charge in [-0.2, -0.15) is 0 Å². The SMILES string of the molecule is C[CH]CCCCCCCNc1ccccc1. The van der Waals surface area contributed by atoms with Gasteiger partial charge in [-0.05, 0) is 25.0 Å². The smallest absolute Gasteiger partial charge is 0.0340 e. The van der Waals surface area contributed by atoms with Gasteiger partial charge in [0.2, 0.25) is 0 Å². The fourth-order valence-electron chi connectivity index (χ4n) is 1.79. The second-order valence-electron chi connectivity index (χ2n) is 4.26. The molecule has 0 bridgehead atoms. The van der Waals surface area contributed by atoms with Crippen LogP contribution in [0.25, 0.3) is 0 Å². The highest BCUT2D eigenvalue weighted by molar-refractivity contribution is 5.42. The molecule has 0 aliphatic carbocycles. The van der Waals surface area contributed by atoms with Gasteiger partial charge in [0, 0.05) is 12.2 Å². The molecule has 0 spiro atoms. The van der Waals surface area contributed by atoms with Crippen LogP contribution >= 0.6 is 0 Å². The molecule has 1 nitrogen and oxygen atoms in total. The fourth-order valence-corrected chi connectivity index (χ4v) is 1.79. The second-order valence-corrected chi connectivity index (χ2v) is 4.26. The summed E-state index contributed by atoms with van der Waals surface area (Å²) in [5.41, 5.74) is 1.24. The van der Waals surface area contributed by atoms with Crippen LogP contribution in [0, 0.1) is 6.42 Å². The van der Waals surface area contributed by atoms with E-state index >= 15 is 0 Å². The van der Waals surface area contributed by atoms with Crippen molar-refractivity contribution in [1.29, 1.82) is 0 Å². The summed E-state index contributed by atoms with van der Waals surface area (Å²) in [6.45, 7) is 3.24. The quantitative estimate of drug-likeness (QED) is 0.594. The van der Waals surface area contributed by atoms with Crippen molar-refractivity contribution in [1.82, 2.24) is 0 Å². The molecular weight excluding hydrogens is 194 g/mol. The van der Waals surface area contributed by atoms with Crippen molar-refractivity contribution in [2.75, 3.05) is 11.9 Å². The summed E-state index contributed by atoms with van der Waals surface area (Å²) in [4.78, 5) is 0. The first-order valence-corrected chi connectivity index (χ1v) is 6.50. The molecule has 1 heteroatoms. The predicted molar refractivity (Wildman–Crippen MR) is 72.6 cm³/mol. The molecular formula is C15H24N. The highest BCUT2D eigenvalue weighted by Gasteiger charge is 1.91. The lowest BCUT2D eigenvalue weighted by Gasteiger charge is -2.05. The number of rotatable bonds is 9. The summed E-state index contributed by atoms with van der Waals surface area (Å²) in [5, 5.41) is 3.44. The maximum Gasteiger partial charge on any atom is 0.0340 e. The van der Waals surface area contributed by atoms with E-state index in [9.17, 15) is 0 Å². The predicted octanol–water partition coefficient (Wildman–Crippen LogP) is 4.66.